The molecule has 2 rings (SSSR count). The van der Waals surface area contributed by atoms with Crippen molar-refractivity contribution in [3.8, 4) is 0 Å². The molecule has 2 aromatic rings. The van der Waals surface area contributed by atoms with E-state index in [9.17, 15) is 13.2 Å². The molecule has 0 heterocycles. The lowest BCUT2D eigenvalue weighted by Crippen LogP contribution is -2.45. The number of rotatable bonds is 5. The van der Waals surface area contributed by atoms with Crippen LogP contribution in [0.25, 0.3) is 0 Å². The summed E-state index contributed by atoms with van der Waals surface area (Å²) < 4.78 is 43.7. The Morgan fingerprint density at radius 3 is 1.91 bits per heavy atom. The van der Waals surface area contributed by atoms with Gasteiger partial charge in [0.1, 0.15) is 0 Å². The Morgan fingerprint density at radius 1 is 0.955 bits per heavy atom. The van der Waals surface area contributed by atoms with Crippen LogP contribution in [-0.4, -0.2) is 20.1 Å². The summed E-state index contributed by atoms with van der Waals surface area (Å²) in [6, 6.07) is 12.7. The van der Waals surface area contributed by atoms with E-state index >= 15 is 0 Å². The zero-order chi connectivity index (χ0) is 16.2. The first kappa shape index (κ1) is 16.6. The van der Waals surface area contributed by atoms with E-state index in [1.807, 2.05) is 31.2 Å². The van der Waals surface area contributed by atoms with Gasteiger partial charge in [-0.05, 0) is 17.8 Å². The third-order valence-corrected chi connectivity index (χ3v) is 3.32. The highest BCUT2D eigenvalue weighted by Crippen LogP contribution is 2.28. The van der Waals surface area contributed by atoms with Gasteiger partial charge in [0.15, 0.2) is 0 Å². The molecule has 0 radical (unpaired) electrons. The fraction of sp³-hybridized carbons (Fsp3) is 0.250. The van der Waals surface area contributed by atoms with E-state index in [2.05, 4.69) is 0 Å². The molecule has 2 aromatic carbocycles. The fourth-order valence-electron chi connectivity index (χ4n) is 2.16. The summed E-state index contributed by atoms with van der Waals surface area (Å²) in [5.74, 6) is 0. The molecule has 22 heavy (non-hydrogen) atoms. The maximum atomic E-state index is 12.6. The third-order valence-electron chi connectivity index (χ3n) is 3.32. The van der Waals surface area contributed by atoms with Crippen LogP contribution in [0.3, 0.4) is 0 Å². The first-order valence-electron chi connectivity index (χ1n) is 6.97. The summed E-state index contributed by atoms with van der Waals surface area (Å²) in [5, 5.41) is 0. The Kier molecular flexibility index (Phi) is 5.26. The summed E-state index contributed by atoms with van der Waals surface area (Å²) in [7, 11) is 0. The molecule has 0 unspecified atom stereocenters. The number of halogens is 3. The summed E-state index contributed by atoms with van der Waals surface area (Å²) in [6.45, 7) is 2.23. The molecule has 0 saturated carbocycles. The molecule has 0 fully saturated rings. The van der Waals surface area contributed by atoms with Gasteiger partial charge in [0, 0.05) is 13.2 Å². The normalized spacial score (nSPS) is 11.5. The number of aryl methyl sites for hydroxylation is 1. The maximum absolute atomic E-state index is 12.6. The molecule has 0 aliphatic carbocycles. The highest BCUT2D eigenvalue weighted by Gasteiger charge is 2.31. The predicted octanol–water partition coefficient (Wildman–Crippen LogP) is 2.09. The van der Waals surface area contributed by atoms with Crippen LogP contribution in [0.2, 0.25) is 0 Å². The minimum Gasteiger partial charge on any atom is -0.426 e. The molecule has 0 amide bonds. The Hall–Kier alpha value is -1.79. The summed E-state index contributed by atoms with van der Waals surface area (Å²) in [6.07, 6.45) is -4.34. The summed E-state index contributed by atoms with van der Waals surface area (Å²) in [5.41, 5.74) is 7.46. The van der Waals surface area contributed by atoms with Gasteiger partial charge in [-0.25, -0.2) is 0 Å². The summed E-state index contributed by atoms with van der Waals surface area (Å²) in [4.78, 5) is 0. The van der Waals surface area contributed by atoms with Crippen molar-refractivity contribution in [2.24, 2.45) is 5.73 Å². The minimum absolute atomic E-state index is 0.333. The second-order valence-electron chi connectivity index (χ2n) is 5.07. The van der Waals surface area contributed by atoms with Crippen molar-refractivity contribution in [3.63, 3.8) is 0 Å². The minimum atomic E-state index is -4.34. The topological polar surface area (TPSA) is 35.2 Å². The molecule has 0 spiro atoms. The van der Waals surface area contributed by atoms with Gasteiger partial charge in [-0.1, -0.05) is 54.1 Å². The highest BCUT2D eigenvalue weighted by atomic mass is 19.4. The van der Waals surface area contributed by atoms with E-state index in [-0.39, 0.29) is 0 Å². The van der Waals surface area contributed by atoms with E-state index in [0.717, 1.165) is 23.2 Å². The molecule has 116 valence electrons. The molecule has 0 saturated heterocycles. The van der Waals surface area contributed by atoms with Crippen molar-refractivity contribution in [1.29, 1.82) is 0 Å². The van der Waals surface area contributed by atoms with Crippen molar-refractivity contribution in [2.45, 2.75) is 13.1 Å². The number of hydrogen-bond donors (Lipinski definition) is 1. The van der Waals surface area contributed by atoms with Gasteiger partial charge in [0.05, 0.1) is 5.56 Å². The first-order chi connectivity index (χ1) is 10.4. The molecule has 2 N–H and O–H groups in total. The van der Waals surface area contributed by atoms with Crippen molar-refractivity contribution in [1.82, 2.24) is 0 Å². The third kappa shape index (κ3) is 4.12. The van der Waals surface area contributed by atoms with Crippen molar-refractivity contribution < 1.29 is 17.8 Å². The van der Waals surface area contributed by atoms with Crippen LogP contribution in [-0.2, 0) is 10.8 Å². The van der Waals surface area contributed by atoms with Gasteiger partial charge in [-0.2, -0.15) is 13.2 Å². The van der Waals surface area contributed by atoms with E-state index < -0.39 is 18.7 Å². The van der Waals surface area contributed by atoms with Crippen molar-refractivity contribution in [2.75, 3.05) is 13.2 Å². The van der Waals surface area contributed by atoms with Crippen LogP contribution < -0.4 is 16.7 Å². The number of hydrogen-bond acceptors (Lipinski definition) is 2. The quantitative estimate of drug-likeness (QED) is 0.859. The molecular weight excluding hydrogens is 290 g/mol. The van der Waals surface area contributed by atoms with Crippen molar-refractivity contribution in [3.05, 3.63) is 59.7 Å². The average molecular weight is 307 g/mol. The molecule has 0 aliphatic heterocycles. The zero-order valence-electron chi connectivity index (χ0n) is 12.2. The van der Waals surface area contributed by atoms with E-state index in [4.69, 9.17) is 10.4 Å². The Labute approximate surface area is 128 Å². The predicted molar refractivity (Wildman–Crippen MR) is 82.7 cm³/mol. The lowest BCUT2D eigenvalue weighted by molar-refractivity contribution is -0.137. The largest absolute Gasteiger partial charge is 0.426 e. The molecule has 2 nitrogen and oxygen atoms in total. The Morgan fingerprint density at radius 2 is 1.45 bits per heavy atom. The van der Waals surface area contributed by atoms with Crippen LogP contribution in [0.5, 0.6) is 0 Å². The maximum Gasteiger partial charge on any atom is 0.416 e. The smallest absolute Gasteiger partial charge is 0.416 e. The van der Waals surface area contributed by atoms with E-state index in [0.29, 0.717) is 18.6 Å². The van der Waals surface area contributed by atoms with Gasteiger partial charge < -0.3 is 10.4 Å². The fourth-order valence-corrected chi connectivity index (χ4v) is 2.16. The average Bonchev–Trinajstić information content (AvgIpc) is 2.49. The highest BCUT2D eigenvalue weighted by molar-refractivity contribution is 6.80. The van der Waals surface area contributed by atoms with Crippen LogP contribution in [0.4, 0.5) is 13.2 Å². The van der Waals surface area contributed by atoms with Crippen LogP contribution in [0.1, 0.15) is 11.1 Å². The van der Waals surface area contributed by atoms with E-state index in [1.54, 1.807) is 0 Å². The van der Waals surface area contributed by atoms with Crippen LogP contribution >= 0.6 is 0 Å². The molecule has 0 aromatic heterocycles. The zero-order valence-corrected chi connectivity index (χ0v) is 12.2. The standard InChI is InChI=1S/C16H17BF3NO/c1-12-2-6-14(7-3-12)17(22-11-10-21)15-8-4-13(5-9-15)16(18,19)20/h2-9H,10-11,21H2,1H3. The Balaban J connectivity index is 2.30. The number of alkyl halides is 3. The monoisotopic (exact) mass is 307 g/mol. The molecule has 0 bridgehead atoms. The van der Waals surface area contributed by atoms with Gasteiger partial charge in [-0.3, -0.25) is 0 Å². The van der Waals surface area contributed by atoms with Crippen LogP contribution in [0, 0.1) is 6.92 Å². The second kappa shape index (κ2) is 6.98. The molecule has 0 aliphatic rings. The first-order valence-corrected chi connectivity index (χ1v) is 6.97. The van der Waals surface area contributed by atoms with Crippen LogP contribution in [0.15, 0.2) is 48.5 Å². The molecule has 6 heteroatoms. The van der Waals surface area contributed by atoms with Gasteiger partial charge in [-0.15, -0.1) is 0 Å². The van der Waals surface area contributed by atoms with Gasteiger partial charge >= 0.3 is 13.1 Å². The van der Waals surface area contributed by atoms with Gasteiger partial charge in [0.2, 0.25) is 0 Å². The number of benzene rings is 2. The lowest BCUT2D eigenvalue weighted by Gasteiger charge is -2.16. The SMILES string of the molecule is Cc1ccc(B(OCCN)c2ccc(C(F)(F)F)cc2)cc1. The molecule has 0 atom stereocenters. The molecular formula is C16H17BF3NO. The van der Waals surface area contributed by atoms with Gasteiger partial charge in [0.25, 0.3) is 0 Å². The lowest BCUT2D eigenvalue weighted by atomic mass is 9.55. The second-order valence-corrected chi connectivity index (χ2v) is 5.07. The van der Waals surface area contributed by atoms with Crippen molar-refractivity contribution >= 4 is 17.8 Å². The van der Waals surface area contributed by atoms with E-state index in [1.165, 1.54) is 12.1 Å². The summed E-state index contributed by atoms with van der Waals surface area (Å²) >= 11 is 0. The Bertz CT molecular complexity index is 596. The number of nitrogens with two attached hydrogens (primary N) is 1.